The molecule has 0 saturated heterocycles. The predicted molar refractivity (Wildman–Crippen MR) is 93.0 cm³/mol. The van der Waals surface area contributed by atoms with Crippen LogP contribution in [0, 0.1) is 6.92 Å². The Morgan fingerprint density at radius 2 is 1.88 bits per heavy atom. The number of nitrogens with one attached hydrogen (secondary N) is 1. The van der Waals surface area contributed by atoms with E-state index >= 15 is 0 Å². The number of pyridine rings is 1. The molecule has 0 radical (unpaired) electrons. The zero-order chi connectivity index (χ0) is 17.3. The highest BCUT2D eigenvalue weighted by molar-refractivity contribution is 6.03. The van der Waals surface area contributed by atoms with Crippen LogP contribution in [0.15, 0.2) is 53.5 Å². The first kappa shape index (κ1) is 15.7. The quantitative estimate of drug-likeness (QED) is 0.805. The van der Waals surface area contributed by atoms with Gasteiger partial charge in [-0.2, -0.15) is 5.10 Å². The van der Waals surface area contributed by atoms with Crippen LogP contribution in [0.2, 0.25) is 0 Å². The Labute approximate surface area is 139 Å². The first-order chi connectivity index (χ1) is 11.5. The van der Waals surface area contributed by atoms with Gasteiger partial charge < -0.3 is 9.88 Å². The van der Waals surface area contributed by atoms with E-state index in [0.29, 0.717) is 11.4 Å². The first-order valence-electron chi connectivity index (χ1n) is 7.54. The van der Waals surface area contributed by atoms with Gasteiger partial charge in [0, 0.05) is 38.0 Å². The van der Waals surface area contributed by atoms with Crippen molar-refractivity contribution in [2.24, 2.45) is 14.1 Å². The smallest absolute Gasteiger partial charge is 0.258 e. The zero-order valence-corrected chi connectivity index (χ0v) is 13.8. The zero-order valence-electron chi connectivity index (χ0n) is 13.8. The van der Waals surface area contributed by atoms with E-state index in [-0.39, 0.29) is 11.5 Å². The molecule has 122 valence electrons. The third-order valence-electron chi connectivity index (χ3n) is 3.89. The van der Waals surface area contributed by atoms with Crippen molar-refractivity contribution in [1.29, 1.82) is 0 Å². The molecule has 0 fully saturated rings. The fourth-order valence-electron chi connectivity index (χ4n) is 2.49. The van der Waals surface area contributed by atoms with Crippen LogP contribution in [0.25, 0.3) is 11.3 Å². The largest absolute Gasteiger partial charge is 0.318 e. The summed E-state index contributed by atoms with van der Waals surface area (Å²) in [7, 11) is 3.39. The number of aryl methyl sites for hydroxylation is 3. The number of benzene rings is 1. The third-order valence-corrected chi connectivity index (χ3v) is 3.89. The Morgan fingerprint density at radius 1 is 1.12 bits per heavy atom. The molecule has 0 atom stereocenters. The molecule has 2 aromatic heterocycles. The Hall–Kier alpha value is -3.15. The van der Waals surface area contributed by atoms with Crippen molar-refractivity contribution < 1.29 is 4.79 Å². The number of hydrogen-bond acceptors (Lipinski definition) is 3. The highest BCUT2D eigenvalue weighted by Crippen LogP contribution is 2.24. The molecule has 1 aromatic carbocycles. The van der Waals surface area contributed by atoms with Crippen LogP contribution in [-0.4, -0.2) is 20.3 Å². The number of amides is 1. The Balaban J connectivity index is 1.88. The molecule has 3 rings (SSSR count). The van der Waals surface area contributed by atoms with E-state index in [4.69, 9.17) is 0 Å². The Morgan fingerprint density at radius 3 is 2.58 bits per heavy atom. The molecule has 24 heavy (non-hydrogen) atoms. The summed E-state index contributed by atoms with van der Waals surface area (Å²) in [4.78, 5) is 23.8. The molecule has 0 aliphatic rings. The number of aromatic nitrogens is 3. The third kappa shape index (κ3) is 2.99. The van der Waals surface area contributed by atoms with Gasteiger partial charge in [0.15, 0.2) is 0 Å². The minimum atomic E-state index is -0.287. The van der Waals surface area contributed by atoms with Crippen LogP contribution < -0.4 is 10.9 Å². The molecular weight excluding hydrogens is 304 g/mol. The van der Waals surface area contributed by atoms with Gasteiger partial charge in [0.2, 0.25) is 5.56 Å². The number of rotatable bonds is 3. The monoisotopic (exact) mass is 322 g/mol. The highest BCUT2D eigenvalue weighted by Gasteiger charge is 2.13. The maximum absolute atomic E-state index is 12.4. The average molecular weight is 322 g/mol. The molecule has 3 aromatic rings. The van der Waals surface area contributed by atoms with E-state index in [9.17, 15) is 9.59 Å². The van der Waals surface area contributed by atoms with Crippen LogP contribution >= 0.6 is 0 Å². The number of carbonyl (C=O) groups is 1. The van der Waals surface area contributed by atoms with Gasteiger partial charge in [-0.25, -0.2) is 0 Å². The van der Waals surface area contributed by atoms with E-state index < -0.39 is 0 Å². The fourth-order valence-corrected chi connectivity index (χ4v) is 2.49. The molecule has 1 N–H and O–H groups in total. The summed E-state index contributed by atoms with van der Waals surface area (Å²) in [6.07, 6.45) is 1.51. The van der Waals surface area contributed by atoms with Gasteiger partial charge in [-0.1, -0.05) is 24.3 Å². The minimum Gasteiger partial charge on any atom is -0.318 e. The van der Waals surface area contributed by atoms with Gasteiger partial charge in [0.1, 0.15) is 5.82 Å². The van der Waals surface area contributed by atoms with Gasteiger partial charge in [-0.15, -0.1) is 0 Å². The van der Waals surface area contributed by atoms with Crippen molar-refractivity contribution in [2.45, 2.75) is 6.92 Å². The Bertz CT molecular complexity index is 969. The van der Waals surface area contributed by atoms with E-state index in [1.54, 1.807) is 18.8 Å². The molecule has 0 aliphatic heterocycles. The van der Waals surface area contributed by atoms with Crippen molar-refractivity contribution in [3.8, 4) is 11.3 Å². The molecule has 1 amide bonds. The lowest BCUT2D eigenvalue weighted by atomic mass is 10.1. The molecular formula is C18H18N4O2. The van der Waals surface area contributed by atoms with E-state index in [1.807, 2.05) is 37.3 Å². The first-order valence-corrected chi connectivity index (χ1v) is 7.54. The fraction of sp³-hybridized carbons (Fsp3) is 0.167. The summed E-state index contributed by atoms with van der Waals surface area (Å²) in [6.45, 7) is 2.02. The van der Waals surface area contributed by atoms with Gasteiger partial charge in [0.05, 0.1) is 11.3 Å². The highest BCUT2D eigenvalue weighted by atomic mass is 16.2. The molecule has 0 unspecified atom stereocenters. The standard InChI is InChI=1S/C18H18N4O2/c1-12-6-4-5-7-14(12)15-10-16(22(3)20-15)19-18(24)13-8-9-17(23)21(2)11-13/h4-11H,1-3H3,(H,19,24). The normalized spacial score (nSPS) is 10.6. The second-order valence-corrected chi connectivity index (χ2v) is 5.67. The molecule has 0 bridgehead atoms. The van der Waals surface area contributed by atoms with Gasteiger partial charge in [-0.3, -0.25) is 14.3 Å². The van der Waals surface area contributed by atoms with Gasteiger partial charge in [0.25, 0.3) is 5.91 Å². The number of carbonyl (C=O) groups excluding carboxylic acids is 1. The molecule has 0 saturated carbocycles. The SMILES string of the molecule is Cc1ccccc1-c1cc(NC(=O)c2ccc(=O)n(C)c2)n(C)n1. The lowest BCUT2D eigenvalue weighted by Crippen LogP contribution is -2.20. The van der Waals surface area contributed by atoms with Crippen molar-refractivity contribution in [1.82, 2.24) is 14.3 Å². The van der Waals surface area contributed by atoms with E-state index in [2.05, 4.69) is 10.4 Å². The minimum absolute atomic E-state index is 0.158. The summed E-state index contributed by atoms with van der Waals surface area (Å²) in [5.74, 6) is 0.303. The predicted octanol–water partition coefficient (Wildman–Crippen LogP) is 2.35. The summed E-state index contributed by atoms with van der Waals surface area (Å²) >= 11 is 0. The lowest BCUT2D eigenvalue weighted by molar-refractivity contribution is 0.102. The van der Waals surface area contributed by atoms with Crippen LogP contribution in [-0.2, 0) is 14.1 Å². The molecule has 6 nitrogen and oxygen atoms in total. The second kappa shape index (κ2) is 6.16. The lowest BCUT2D eigenvalue weighted by Gasteiger charge is -2.06. The van der Waals surface area contributed by atoms with Gasteiger partial charge in [-0.05, 0) is 18.6 Å². The number of nitrogens with zero attached hydrogens (tertiary/aromatic N) is 3. The summed E-state index contributed by atoms with van der Waals surface area (Å²) in [6, 6.07) is 12.7. The second-order valence-electron chi connectivity index (χ2n) is 5.67. The maximum Gasteiger partial charge on any atom is 0.258 e. The summed E-state index contributed by atoms with van der Waals surface area (Å²) in [5, 5.41) is 7.30. The molecule has 2 heterocycles. The van der Waals surface area contributed by atoms with Crippen LogP contribution in [0.4, 0.5) is 5.82 Å². The summed E-state index contributed by atoms with van der Waals surface area (Å²) < 4.78 is 3.00. The van der Waals surface area contributed by atoms with Crippen molar-refractivity contribution in [3.05, 3.63) is 70.1 Å². The van der Waals surface area contributed by atoms with E-state index in [0.717, 1.165) is 16.8 Å². The van der Waals surface area contributed by atoms with Crippen LogP contribution in [0.5, 0.6) is 0 Å². The van der Waals surface area contributed by atoms with Crippen LogP contribution in [0.3, 0.4) is 0 Å². The Kier molecular flexibility index (Phi) is 4.04. The van der Waals surface area contributed by atoms with E-state index in [1.165, 1.54) is 22.9 Å². The molecule has 0 spiro atoms. The topological polar surface area (TPSA) is 68.9 Å². The van der Waals surface area contributed by atoms with Gasteiger partial charge >= 0.3 is 0 Å². The summed E-state index contributed by atoms with van der Waals surface area (Å²) in [5.41, 5.74) is 3.19. The molecule has 6 heteroatoms. The average Bonchev–Trinajstić information content (AvgIpc) is 2.91. The van der Waals surface area contributed by atoms with Crippen LogP contribution in [0.1, 0.15) is 15.9 Å². The van der Waals surface area contributed by atoms with Crippen molar-refractivity contribution >= 4 is 11.7 Å². The van der Waals surface area contributed by atoms with Crippen molar-refractivity contribution in [2.75, 3.05) is 5.32 Å². The molecule has 0 aliphatic carbocycles. The number of hydrogen-bond donors (Lipinski definition) is 1. The van der Waals surface area contributed by atoms with Crippen molar-refractivity contribution in [3.63, 3.8) is 0 Å². The maximum atomic E-state index is 12.4. The number of anilines is 1.